The molecule has 3 aliphatic rings. The Morgan fingerprint density at radius 3 is 2.14 bits per heavy atom. The van der Waals surface area contributed by atoms with Gasteiger partial charge >= 0.3 is 0 Å². The number of piperazine rings is 1. The van der Waals surface area contributed by atoms with Gasteiger partial charge in [-0.15, -0.1) is 0 Å². The summed E-state index contributed by atoms with van der Waals surface area (Å²) < 4.78 is 38.3. The second-order valence-electron chi connectivity index (χ2n) is 18.3. The number of piperidine rings is 1. The number of carbonyl (C=O) groups excluding carboxylic acids is 5. The number of nitrogens with zero attached hydrogens (tertiary/aromatic N) is 5. The normalized spacial score (nSPS) is 16.6. The molecule has 21 nitrogen and oxygen atoms in total. The second-order valence-corrected chi connectivity index (χ2v) is 19.5. The van der Waals surface area contributed by atoms with E-state index in [-0.39, 0.29) is 35.4 Å². The van der Waals surface area contributed by atoms with Crippen molar-refractivity contribution in [1.82, 2.24) is 35.1 Å². The van der Waals surface area contributed by atoms with Gasteiger partial charge in [-0.25, -0.2) is 13.9 Å². The van der Waals surface area contributed by atoms with E-state index in [1.807, 2.05) is 64.1 Å². The van der Waals surface area contributed by atoms with E-state index in [2.05, 4.69) is 58.2 Å². The van der Waals surface area contributed by atoms with Crippen LogP contribution in [0.2, 0.25) is 0 Å². The largest absolute Gasteiger partial charge is 0.382 e. The van der Waals surface area contributed by atoms with Crippen LogP contribution in [0.1, 0.15) is 59.9 Å². The number of amides is 5. The first kappa shape index (κ1) is 53.4. The summed E-state index contributed by atoms with van der Waals surface area (Å²) in [6.45, 7) is 15.0. The van der Waals surface area contributed by atoms with Crippen LogP contribution in [0.3, 0.4) is 0 Å². The molecule has 6 N–H and O–H groups in total. The smallest absolute Gasteiger partial charge is 0.264 e. The maximum Gasteiger partial charge on any atom is 0.264 e. The van der Waals surface area contributed by atoms with Gasteiger partial charge < -0.3 is 45.1 Å². The van der Waals surface area contributed by atoms with E-state index in [4.69, 9.17) is 23.9 Å². The first-order valence-electron chi connectivity index (χ1n) is 24.1. The van der Waals surface area contributed by atoms with Crippen molar-refractivity contribution in [2.45, 2.75) is 57.0 Å². The Balaban J connectivity index is 0.681. The summed E-state index contributed by atoms with van der Waals surface area (Å²) in [5.74, 6) is -1.15. The summed E-state index contributed by atoms with van der Waals surface area (Å²) in [5, 5.41) is 14.9. The average molecular weight is 1010 g/mol. The Morgan fingerprint density at radius 2 is 1.46 bits per heavy atom. The van der Waals surface area contributed by atoms with Crippen LogP contribution in [0.5, 0.6) is 0 Å². The minimum atomic E-state index is -1.36. The van der Waals surface area contributed by atoms with Crippen LogP contribution in [0, 0.1) is 6.92 Å². The number of anilines is 6. The van der Waals surface area contributed by atoms with E-state index in [1.165, 1.54) is 0 Å². The first-order chi connectivity index (χ1) is 34.7. The van der Waals surface area contributed by atoms with Gasteiger partial charge in [0.05, 0.1) is 75.4 Å². The number of imide groups is 2. The quantitative estimate of drug-likeness (QED) is 0.0389. The Labute approximate surface area is 422 Å². The lowest BCUT2D eigenvalue weighted by atomic mass is 10.0. The third kappa shape index (κ3) is 15.3. The number of hydrogen-bond acceptors (Lipinski definition) is 17. The molecule has 2 unspecified atom stereocenters. The predicted molar refractivity (Wildman–Crippen MR) is 272 cm³/mol. The number of benzene rings is 3. The average Bonchev–Trinajstić information content (AvgIpc) is 3.61. The zero-order valence-corrected chi connectivity index (χ0v) is 42.1. The number of fused-ring (bicyclic) bond motifs is 1. The number of nitrogens with one attached hydrogen (secondary N) is 6. The molecule has 0 bridgehead atoms. The molecular formula is C50H65N11O10S. The molecule has 3 aromatic carbocycles. The second kappa shape index (κ2) is 25.8. The van der Waals surface area contributed by atoms with Gasteiger partial charge in [-0.3, -0.25) is 39.1 Å². The maximum atomic E-state index is 13.2. The molecule has 4 heterocycles. The number of rotatable bonds is 26. The number of ether oxygens (including phenoxy) is 4. The minimum Gasteiger partial charge on any atom is -0.382 e. The van der Waals surface area contributed by atoms with Gasteiger partial charge in [-0.1, -0.05) is 12.1 Å². The first-order valence-corrected chi connectivity index (χ1v) is 25.3. The van der Waals surface area contributed by atoms with Crippen molar-refractivity contribution in [3.05, 3.63) is 89.6 Å². The zero-order valence-electron chi connectivity index (χ0n) is 41.3. The number of aryl methyl sites for hydroxylation is 1. The molecular weight excluding hydrogens is 947 g/mol. The lowest BCUT2D eigenvalue weighted by Gasteiger charge is -2.35. The summed E-state index contributed by atoms with van der Waals surface area (Å²) in [6.07, 6.45) is 1.91. The van der Waals surface area contributed by atoms with E-state index in [0.29, 0.717) is 94.8 Å². The third-order valence-electron chi connectivity index (χ3n) is 11.6. The summed E-state index contributed by atoms with van der Waals surface area (Å²) in [6, 6.07) is 19.5. The van der Waals surface area contributed by atoms with Gasteiger partial charge in [0, 0.05) is 85.7 Å². The minimum absolute atomic E-state index is 0.0419. The Kier molecular flexibility index (Phi) is 19.1. The fourth-order valence-corrected chi connectivity index (χ4v) is 9.15. The Bertz CT molecular complexity index is 2550. The molecule has 386 valence electrons. The summed E-state index contributed by atoms with van der Waals surface area (Å²) in [7, 11) is -1.36. The van der Waals surface area contributed by atoms with E-state index in [0.717, 1.165) is 53.7 Å². The monoisotopic (exact) mass is 1010 g/mol. The number of hydrogen-bond donors (Lipinski definition) is 6. The molecule has 0 radical (unpaired) electrons. The summed E-state index contributed by atoms with van der Waals surface area (Å²) in [5.41, 5.74) is 4.16. The molecule has 4 aromatic rings. The SMILES string of the molecule is Cc1cnc(Nc2ccc(N3CCN(CC(=O)NCCOCCOCCOCCOCCNc4cccc5c4C(=O)N(C4CCC(=O)NC4=O)C5=O)CC3)cc2)nc1Nc1cccc(S(=O)NC(C)(C)C)c1. The van der Waals surface area contributed by atoms with Gasteiger partial charge in [0.1, 0.15) is 22.8 Å². The van der Waals surface area contributed by atoms with Gasteiger partial charge in [0.25, 0.3) is 11.8 Å². The topological polar surface area (TPSA) is 247 Å². The van der Waals surface area contributed by atoms with E-state index in [1.54, 1.807) is 24.4 Å². The molecule has 22 heteroatoms. The number of carbonyl (C=O) groups is 5. The summed E-state index contributed by atoms with van der Waals surface area (Å²) >= 11 is 0. The molecule has 5 amide bonds. The van der Waals surface area contributed by atoms with E-state index < -0.39 is 40.7 Å². The van der Waals surface area contributed by atoms with Crippen molar-refractivity contribution in [2.24, 2.45) is 0 Å². The summed E-state index contributed by atoms with van der Waals surface area (Å²) in [4.78, 5) is 78.1. The van der Waals surface area contributed by atoms with E-state index >= 15 is 0 Å². The molecule has 7 rings (SSSR count). The molecule has 0 aliphatic carbocycles. The molecule has 0 saturated carbocycles. The van der Waals surface area contributed by atoms with Crippen LogP contribution < -0.4 is 36.2 Å². The molecule has 2 fully saturated rings. The lowest BCUT2D eigenvalue weighted by molar-refractivity contribution is -0.136. The lowest BCUT2D eigenvalue weighted by Crippen LogP contribution is -2.54. The van der Waals surface area contributed by atoms with Crippen LogP contribution in [-0.2, 0) is 44.3 Å². The van der Waals surface area contributed by atoms with Crippen molar-refractivity contribution in [2.75, 3.05) is 120 Å². The highest BCUT2D eigenvalue weighted by Crippen LogP contribution is 2.32. The van der Waals surface area contributed by atoms with Crippen LogP contribution in [0.15, 0.2) is 77.8 Å². The van der Waals surface area contributed by atoms with Crippen molar-refractivity contribution in [1.29, 1.82) is 0 Å². The van der Waals surface area contributed by atoms with Crippen LogP contribution in [-0.4, -0.2) is 164 Å². The fraction of sp³-hybridized carbons (Fsp3) is 0.460. The standard InChI is InChI=1S/C50H65N11O10S/c1-34-32-53-49(57-45(34)54-36-7-5-8-38(31-36)72(67)58-50(2,3)4)55-35-11-13-37(14-12-35)60-21-19-59(20-22-60)33-43(63)52-18-24-69-26-28-71-30-29-70-27-25-68-23-17-51-40-10-6-9-39-44(40)48(66)61(47(39)65)41-15-16-42(62)56-46(41)64/h5-14,31-32,41,51,58H,15-30,33H2,1-4H3,(H,52,63)(H,56,62,64)(H2,53,54,55,57). The highest BCUT2D eigenvalue weighted by Gasteiger charge is 2.45. The Morgan fingerprint density at radius 1 is 0.792 bits per heavy atom. The van der Waals surface area contributed by atoms with Gasteiger partial charge in [0.2, 0.25) is 23.7 Å². The van der Waals surface area contributed by atoms with Crippen molar-refractivity contribution < 1.29 is 47.1 Å². The highest BCUT2D eigenvalue weighted by atomic mass is 32.2. The highest BCUT2D eigenvalue weighted by molar-refractivity contribution is 7.83. The van der Waals surface area contributed by atoms with Gasteiger partial charge in [-0.05, 0) is 88.7 Å². The fourth-order valence-electron chi connectivity index (χ4n) is 8.04. The molecule has 72 heavy (non-hydrogen) atoms. The van der Waals surface area contributed by atoms with Gasteiger partial charge in [-0.2, -0.15) is 4.98 Å². The molecule has 2 atom stereocenters. The zero-order chi connectivity index (χ0) is 51.0. The third-order valence-corrected chi connectivity index (χ3v) is 13.1. The van der Waals surface area contributed by atoms with Crippen LogP contribution >= 0.6 is 0 Å². The molecule has 3 aliphatic heterocycles. The van der Waals surface area contributed by atoms with E-state index in [9.17, 15) is 28.2 Å². The maximum absolute atomic E-state index is 13.2. The predicted octanol–water partition coefficient (Wildman–Crippen LogP) is 3.50. The van der Waals surface area contributed by atoms with Crippen molar-refractivity contribution in [3.8, 4) is 0 Å². The molecule has 2 saturated heterocycles. The van der Waals surface area contributed by atoms with Crippen LogP contribution in [0.25, 0.3) is 0 Å². The van der Waals surface area contributed by atoms with Crippen molar-refractivity contribution in [3.63, 3.8) is 0 Å². The molecule has 1 aromatic heterocycles. The van der Waals surface area contributed by atoms with Gasteiger partial charge in [0.15, 0.2) is 0 Å². The Hall–Kier alpha value is -6.40. The number of aromatic nitrogens is 2. The molecule has 0 spiro atoms. The van der Waals surface area contributed by atoms with Crippen molar-refractivity contribution >= 4 is 75.0 Å². The van der Waals surface area contributed by atoms with Crippen LogP contribution in [0.4, 0.5) is 34.5 Å².